The van der Waals surface area contributed by atoms with Crippen LogP contribution < -0.4 is 0 Å². The minimum Gasteiger partial charge on any atom is -0.461 e. The molecule has 0 aliphatic carbocycles. The molecular formula is C14H17FO2. The third-order valence-corrected chi connectivity index (χ3v) is 2.38. The highest BCUT2D eigenvalue weighted by molar-refractivity contribution is 5.66. The Morgan fingerprint density at radius 1 is 1.47 bits per heavy atom. The Morgan fingerprint density at radius 3 is 2.71 bits per heavy atom. The molecule has 1 aromatic carbocycles. The Bertz CT molecular complexity index is 422. The fourth-order valence-electron chi connectivity index (χ4n) is 1.37. The standard InChI is InChI=1S/C14H17FO2/c1-10(2)13(9-17-11(3)16)7-12-5-4-6-14(15)8-12/h4-8,10H,9H2,1-3H3. The van der Waals surface area contributed by atoms with Gasteiger partial charge in [-0.3, -0.25) is 4.79 Å². The number of esters is 1. The molecule has 2 nitrogen and oxygen atoms in total. The molecule has 17 heavy (non-hydrogen) atoms. The highest BCUT2D eigenvalue weighted by atomic mass is 19.1. The summed E-state index contributed by atoms with van der Waals surface area (Å²) >= 11 is 0. The molecule has 0 unspecified atom stereocenters. The Labute approximate surface area is 101 Å². The molecule has 0 N–H and O–H groups in total. The summed E-state index contributed by atoms with van der Waals surface area (Å²) in [6.07, 6.45) is 1.86. The molecule has 0 saturated heterocycles. The molecule has 3 heteroatoms. The molecule has 0 aliphatic heterocycles. The lowest BCUT2D eigenvalue weighted by Crippen LogP contribution is -2.07. The van der Waals surface area contributed by atoms with Gasteiger partial charge in [-0.1, -0.05) is 32.1 Å². The van der Waals surface area contributed by atoms with Crippen LogP contribution in [0.3, 0.4) is 0 Å². The smallest absolute Gasteiger partial charge is 0.302 e. The number of hydrogen-bond acceptors (Lipinski definition) is 2. The van der Waals surface area contributed by atoms with Crippen molar-refractivity contribution >= 4 is 12.0 Å². The van der Waals surface area contributed by atoms with Gasteiger partial charge in [-0.2, -0.15) is 0 Å². The first-order valence-electron chi connectivity index (χ1n) is 5.58. The third-order valence-electron chi connectivity index (χ3n) is 2.38. The summed E-state index contributed by atoms with van der Waals surface area (Å²) in [5, 5.41) is 0. The van der Waals surface area contributed by atoms with Gasteiger partial charge in [-0.05, 0) is 29.2 Å². The topological polar surface area (TPSA) is 26.3 Å². The molecule has 0 amide bonds. The van der Waals surface area contributed by atoms with Crippen LogP contribution in [-0.2, 0) is 9.53 Å². The summed E-state index contributed by atoms with van der Waals surface area (Å²) in [5.74, 6) is -0.331. The van der Waals surface area contributed by atoms with E-state index in [-0.39, 0.29) is 24.3 Å². The van der Waals surface area contributed by atoms with E-state index in [1.807, 2.05) is 26.0 Å². The van der Waals surface area contributed by atoms with Gasteiger partial charge in [0.2, 0.25) is 0 Å². The predicted octanol–water partition coefficient (Wildman–Crippen LogP) is 3.43. The van der Waals surface area contributed by atoms with E-state index in [4.69, 9.17) is 4.74 Å². The van der Waals surface area contributed by atoms with Crippen molar-refractivity contribution in [3.05, 3.63) is 41.2 Å². The summed E-state index contributed by atoms with van der Waals surface area (Å²) in [7, 11) is 0. The molecule has 1 aromatic rings. The largest absolute Gasteiger partial charge is 0.461 e. The number of carbonyl (C=O) groups is 1. The van der Waals surface area contributed by atoms with Crippen molar-refractivity contribution in [2.75, 3.05) is 6.61 Å². The molecule has 0 radical (unpaired) electrons. The molecule has 0 aromatic heterocycles. The van der Waals surface area contributed by atoms with E-state index in [2.05, 4.69) is 0 Å². The number of hydrogen-bond donors (Lipinski definition) is 0. The zero-order valence-corrected chi connectivity index (χ0v) is 10.4. The first-order chi connectivity index (χ1) is 7.99. The monoisotopic (exact) mass is 236 g/mol. The van der Waals surface area contributed by atoms with Gasteiger partial charge in [0.25, 0.3) is 0 Å². The number of rotatable bonds is 4. The van der Waals surface area contributed by atoms with Crippen LogP contribution >= 0.6 is 0 Å². The van der Waals surface area contributed by atoms with Gasteiger partial charge in [0, 0.05) is 6.92 Å². The van der Waals surface area contributed by atoms with Crippen molar-refractivity contribution in [1.29, 1.82) is 0 Å². The lowest BCUT2D eigenvalue weighted by Gasteiger charge is -2.11. The van der Waals surface area contributed by atoms with Crippen molar-refractivity contribution in [3.8, 4) is 0 Å². The number of benzene rings is 1. The number of ether oxygens (including phenoxy) is 1. The Hall–Kier alpha value is -1.64. The minimum absolute atomic E-state index is 0.248. The second kappa shape index (κ2) is 6.18. The van der Waals surface area contributed by atoms with E-state index in [1.165, 1.54) is 19.1 Å². The van der Waals surface area contributed by atoms with Crippen molar-refractivity contribution < 1.29 is 13.9 Å². The molecule has 0 aliphatic rings. The van der Waals surface area contributed by atoms with Crippen LogP contribution in [0, 0.1) is 11.7 Å². The van der Waals surface area contributed by atoms with E-state index >= 15 is 0 Å². The van der Waals surface area contributed by atoms with Crippen LogP contribution in [0.25, 0.3) is 6.08 Å². The molecular weight excluding hydrogens is 219 g/mol. The molecule has 0 saturated carbocycles. The maximum atomic E-state index is 13.0. The molecule has 0 heterocycles. The average Bonchev–Trinajstić information content (AvgIpc) is 2.23. The zero-order chi connectivity index (χ0) is 12.8. The number of carbonyl (C=O) groups excluding carboxylic acids is 1. The number of halogens is 1. The summed E-state index contributed by atoms with van der Waals surface area (Å²) < 4.78 is 18.0. The van der Waals surface area contributed by atoms with Gasteiger partial charge in [0.15, 0.2) is 0 Å². The van der Waals surface area contributed by atoms with Crippen LogP contribution in [-0.4, -0.2) is 12.6 Å². The van der Waals surface area contributed by atoms with Crippen LogP contribution in [0.15, 0.2) is 29.8 Å². The van der Waals surface area contributed by atoms with Crippen LogP contribution in [0.1, 0.15) is 26.3 Å². The predicted molar refractivity (Wildman–Crippen MR) is 65.8 cm³/mol. The first-order valence-corrected chi connectivity index (χ1v) is 5.58. The molecule has 1 rings (SSSR count). The maximum Gasteiger partial charge on any atom is 0.302 e. The van der Waals surface area contributed by atoms with Crippen molar-refractivity contribution in [2.45, 2.75) is 20.8 Å². The second-order valence-corrected chi connectivity index (χ2v) is 4.21. The normalized spacial score (nSPS) is 11.7. The second-order valence-electron chi connectivity index (χ2n) is 4.21. The Morgan fingerprint density at radius 2 is 2.18 bits per heavy atom. The van der Waals surface area contributed by atoms with E-state index in [1.54, 1.807) is 6.07 Å². The van der Waals surface area contributed by atoms with Gasteiger partial charge in [-0.25, -0.2) is 4.39 Å². The Kier molecular flexibility index (Phi) is 4.88. The van der Waals surface area contributed by atoms with Gasteiger partial charge >= 0.3 is 5.97 Å². The van der Waals surface area contributed by atoms with Crippen molar-refractivity contribution in [1.82, 2.24) is 0 Å². The van der Waals surface area contributed by atoms with Crippen LogP contribution in [0.4, 0.5) is 4.39 Å². The fraction of sp³-hybridized carbons (Fsp3) is 0.357. The van der Waals surface area contributed by atoms with E-state index in [0.29, 0.717) is 0 Å². The average molecular weight is 236 g/mol. The van der Waals surface area contributed by atoms with Crippen LogP contribution in [0.5, 0.6) is 0 Å². The first kappa shape index (κ1) is 13.4. The molecule has 0 bridgehead atoms. The third kappa shape index (κ3) is 4.81. The quantitative estimate of drug-likeness (QED) is 0.749. The van der Waals surface area contributed by atoms with Crippen molar-refractivity contribution in [3.63, 3.8) is 0 Å². The summed E-state index contributed by atoms with van der Waals surface area (Å²) in [6, 6.07) is 6.33. The SMILES string of the molecule is CC(=O)OCC(=Cc1cccc(F)c1)C(C)C. The summed E-state index contributed by atoms with van der Waals surface area (Å²) in [5.41, 5.74) is 1.74. The zero-order valence-electron chi connectivity index (χ0n) is 10.4. The lowest BCUT2D eigenvalue weighted by molar-refractivity contribution is -0.140. The minimum atomic E-state index is -0.309. The molecule has 92 valence electrons. The van der Waals surface area contributed by atoms with Gasteiger partial charge in [-0.15, -0.1) is 0 Å². The summed E-state index contributed by atoms with van der Waals surface area (Å²) in [6.45, 7) is 5.65. The fourth-order valence-corrected chi connectivity index (χ4v) is 1.37. The highest BCUT2D eigenvalue weighted by Gasteiger charge is 2.06. The van der Waals surface area contributed by atoms with Gasteiger partial charge in [0.1, 0.15) is 12.4 Å². The maximum absolute atomic E-state index is 13.0. The highest BCUT2D eigenvalue weighted by Crippen LogP contribution is 2.16. The van der Waals surface area contributed by atoms with Gasteiger partial charge in [0.05, 0.1) is 0 Å². The summed E-state index contributed by atoms with van der Waals surface area (Å²) in [4.78, 5) is 10.8. The molecule has 0 fully saturated rings. The van der Waals surface area contributed by atoms with E-state index < -0.39 is 0 Å². The van der Waals surface area contributed by atoms with Crippen molar-refractivity contribution in [2.24, 2.45) is 5.92 Å². The van der Waals surface area contributed by atoms with E-state index in [0.717, 1.165) is 11.1 Å². The molecule has 0 spiro atoms. The van der Waals surface area contributed by atoms with E-state index in [9.17, 15) is 9.18 Å². The van der Waals surface area contributed by atoms with Gasteiger partial charge < -0.3 is 4.74 Å². The van der Waals surface area contributed by atoms with Crippen LogP contribution in [0.2, 0.25) is 0 Å². The Balaban J connectivity index is 2.86. The lowest BCUT2D eigenvalue weighted by atomic mass is 10.0. The molecule has 0 atom stereocenters.